The number of amides is 1. The Kier molecular flexibility index (Phi) is 3.62. The summed E-state index contributed by atoms with van der Waals surface area (Å²) in [5, 5.41) is 7.98. The maximum Gasteiger partial charge on any atom is 0.230 e. The molecule has 0 bridgehead atoms. The average Bonchev–Trinajstić information content (AvgIpc) is 3.40. The van der Waals surface area contributed by atoms with Crippen molar-refractivity contribution in [1.29, 1.82) is 0 Å². The van der Waals surface area contributed by atoms with Gasteiger partial charge in [-0.15, -0.1) is 5.10 Å². The molecule has 6 nitrogen and oxygen atoms in total. The SMILES string of the molecule is O=C(C1CCc2ccccc21)N1CCC(Nc2ccc3nccn3n2)C1. The zero-order valence-corrected chi connectivity index (χ0v) is 14.5. The second kappa shape index (κ2) is 6.12. The second-order valence-electron chi connectivity index (χ2n) is 7.15. The number of aryl methyl sites for hydroxylation is 1. The van der Waals surface area contributed by atoms with Gasteiger partial charge in [0, 0.05) is 31.5 Å². The number of carbonyl (C=O) groups excluding carboxylic acids is 1. The normalized spacial score (nSPS) is 21.9. The van der Waals surface area contributed by atoms with Gasteiger partial charge in [0.05, 0.1) is 5.92 Å². The summed E-state index contributed by atoms with van der Waals surface area (Å²) in [7, 11) is 0. The van der Waals surface area contributed by atoms with Crippen LogP contribution in [0.4, 0.5) is 5.82 Å². The van der Waals surface area contributed by atoms with Crippen LogP contribution in [0, 0.1) is 0 Å². The van der Waals surface area contributed by atoms with E-state index in [1.165, 1.54) is 11.1 Å². The molecule has 1 amide bonds. The molecule has 0 saturated carbocycles. The highest BCUT2D eigenvalue weighted by atomic mass is 16.2. The highest BCUT2D eigenvalue weighted by Crippen LogP contribution is 2.35. The number of nitrogens with one attached hydrogen (secondary N) is 1. The number of nitrogens with zero attached hydrogens (tertiary/aromatic N) is 4. The number of fused-ring (bicyclic) bond motifs is 2. The first kappa shape index (κ1) is 15.4. The first-order chi connectivity index (χ1) is 12.8. The maximum atomic E-state index is 13.0. The van der Waals surface area contributed by atoms with Gasteiger partial charge >= 0.3 is 0 Å². The molecule has 3 aromatic rings. The molecular formula is C20H21N5O. The number of aromatic nitrogens is 3. The van der Waals surface area contributed by atoms with Crippen LogP contribution in [0.25, 0.3) is 5.65 Å². The molecule has 2 aliphatic rings. The highest BCUT2D eigenvalue weighted by molar-refractivity contribution is 5.85. The third-order valence-corrected chi connectivity index (χ3v) is 5.54. The number of hydrogen-bond donors (Lipinski definition) is 1. The number of rotatable bonds is 3. The first-order valence-electron chi connectivity index (χ1n) is 9.21. The highest BCUT2D eigenvalue weighted by Gasteiger charge is 2.35. The standard InChI is InChI=1S/C20H21N5O/c26-20(17-6-5-14-3-1-2-4-16(14)17)24-11-9-15(13-24)22-18-7-8-19-21-10-12-25(19)23-18/h1-4,7-8,10,12,15,17H,5-6,9,11,13H2,(H,22,23). The van der Waals surface area contributed by atoms with Crippen LogP contribution in [0.1, 0.15) is 29.9 Å². The zero-order chi connectivity index (χ0) is 17.5. The molecule has 1 aromatic carbocycles. The topological polar surface area (TPSA) is 62.5 Å². The molecule has 1 aliphatic carbocycles. The van der Waals surface area contributed by atoms with Crippen LogP contribution in [0.15, 0.2) is 48.8 Å². The van der Waals surface area contributed by atoms with Crippen molar-refractivity contribution in [3.63, 3.8) is 0 Å². The van der Waals surface area contributed by atoms with E-state index in [2.05, 4.69) is 33.6 Å². The van der Waals surface area contributed by atoms with Gasteiger partial charge in [0.15, 0.2) is 5.65 Å². The Morgan fingerprint density at radius 3 is 3.04 bits per heavy atom. The predicted octanol–water partition coefficient (Wildman–Crippen LogP) is 2.47. The quantitative estimate of drug-likeness (QED) is 0.791. The summed E-state index contributed by atoms with van der Waals surface area (Å²) in [5.41, 5.74) is 3.39. The Bertz CT molecular complexity index is 965. The number of imidazole rings is 1. The van der Waals surface area contributed by atoms with Gasteiger partial charge in [-0.2, -0.15) is 0 Å². The van der Waals surface area contributed by atoms with E-state index in [0.717, 1.165) is 43.8 Å². The largest absolute Gasteiger partial charge is 0.364 e. The van der Waals surface area contributed by atoms with Gasteiger partial charge in [0.2, 0.25) is 5.91 Å². The van der Waals surface area contributed by atoms with Crippen LogP contribution in [0.5, 0.6) is 0 Å². The molecular weight excluding hydrogens is 326 g/mol. The lowest BCUT2D eigenvalue weighted by Gasteiger charge is -2.21. The minimum Gasteiger partial charge on any atom is -0.364 e. The minimum atomic E-state index is 0.0328. The van der Waals surface area contributed by atoms with Crippen molar-refractivity contribution >= 4 is 17.4 Å². The molecule has 132 valence electrons. The summed E-state index contributed by atoms with van der Waals surface area (Å²) in [6.07, 6.45) is 6.47. The van der Waals surface area contributed by atoms with Crippen LogP contribution >= 0.6 is 0 Å². The van der Waals surface area contributed by atoms with E-state index in [1.807, 2.05) is 29.3 Å². The van der Waals surface area contributed by atoms with Gasteiger partial charge < -0.3 is 10.2 Å². The Morgan fingerprint density at radius 1 is 1.15 bits per heavy atom. The Balaban J connectivity index is 1.26. The van der Waals surface area contributed by atoms with E-state index in [-0.39, 0.29) is 17.9 Å². The van der Waals surface area contributed by atoms with Crippen molar-refractivity contribution in [3.05, 3.63) is 59.9 Å². The summed E-state index contributed by atoms with van der Waals surface area (Å²) in [6.45, 7) is 1.55. The molecule has 2 aromatic heterocycles. The maximum absolute atomic E-state index is 13.0. The molecule has 2 atom stereocenters. The van der Waals surface area contributed by atoms with Gasteiger partial charge in [-0.25, -0.2) is 9.50 Å². The van der Waals surface area contributed by atoms with E-state index >= 15 is 0 Å². The molecule has 1 N–H and O–H groups in total. The number of hydrogen-bond acceptors (Lipinski definition) is 4. The van der Waals surface area contributed by atoms with E-state index in [9.17, 15) is 4.79 Å². The van der Waals surface area contributed by atoms with E-state index in [4.69, 9.17) is 0 Å². The lowest BCUT2D eigenvalue weighted by atomic mass is 10.00. The van der Waals surface area contributed by atoms with Crippen molar-refractivity contribution in [2.45, 2.75) is 31.2 Å². The molecule has 1 aliphatic heterocycles. The van der Waals surface area contributed by atoms with Crippen molar-refractivity contribution in [3.8, 4) is 0 Å². The Hall–Kier alpha value is -2.89. The third kappa shape index (κ3) is 2.62. The summed E-state index contributed by atoms with van der Waals surface area (Å²) in [4.78, 5) is 19.2. The van der Waals surface area contributed by atoms with Crippen molar-refractivity contribution in [2.24, 2.45) is 0 Å². The minimum absolute atomic E-state index is 0.0328. The number of benzene rings is 1. The van der Waals surface area contributed by atoms with Crippen LogP contribution in [0.2, 0.25) is 0 Å². The summed E-state index contributed by atoms with van der Waals surface area (Å²) < 4.78 is 1.76. The Labute approximate surface area is 151 Å². The van der Waals surface area contributed by atoms with Crippen molar-refractivity contribution < 1.29 is 4.79 Å². The number of anilines is 1. The van der Waals surface area contributed by atoms with E-state index in [0.29, 0.717) is 0 Å². The molecule has 6 heteroatoms. The Morgan fingerprint density at radius 2 is 2.08 bits per heavy atom. The molecule has 0 spiro atoms. The lowest BCUT2D eigenvalue weighted by Crippen LogP contribution is -2.34. The lowest BCUT2D eigenvalue weighted by molar-refractivity contribution is -0.131. The molecule has 0 radical (unpaired) electrons. The van der Waals surface area contributed by atoms with Gasteiger partial charge in [-0.3, -0.25) is 4.79 Å². The van der Waals surface area contributed by atoms with Crippen molar-refractivity contribution in [2.75, 3.05) is 18.4 Å². The smallest absolute Gasteiger partial charge is 0.230 e. The van der Waals surface area contributed by atoms with Crippen LogP contribution < -0.4 is 5.32 Å². The molecule has 5 rings (SSSR count). The van der Waals surface area contributed by atoms with Gasteiger partial charge in [-0.1, -0.05) is 24.3 Å². The number of carbonyl (C=O) groups is 1. The summed E-state index contributed by atoms with van der Waals surface area (Å²) >= 11 is 0. The fraction of sp³-hybridized carbons (Fsp3) is 0.350. The molecule has 26 heavy (non-hydrogen) atoms. The summed E-state index contributed by atoms with van der Waals surface area (Å²) in [6, 6.07) is 12.5. The van der Waals surface area contributed by atoms with Gasteiger partial charge in [0.25, 0.3) is 0 Å². The van der Waals surface area contributed by atoms with Crippen LogP contribution in [-0.4, -0.2) is 44.5 Å². The van der Waals surface area contributed by atoms with Gasteiger partial charge in [0.1, 0.15) is 5.82 Å². The van der Waals surface area contributed by atoms with E-state index < -0.39 is 0 Å². The first-order valence-corrected chi connectivity index (χ1v) is 9.21. The molecule has 1 fully saturated rings. The zero-order valence-electron chi connectivity index (χ0n) is 14.5. The molecule has 2 unspecified atom stereocenters. The second-order valence-corrected chi connectivity index (χ2v) is 7.15. The molecule has 3 heterocycles. The monoisotopic (exact) mass is 347 g/mol. The summed E-state index contributed by atoms with van der Waals surface area (Å²) in [5.74, 6) is 1.13. The number of likely N-dealkylation sites (tertiary alicyclic amines) is 1. The van der Waals surface area contributed by atoms with Crippen LogP contribution in [-0.2, 0) is 11.2 Å². The van der Waals surface area contributed by atoms with Gasteiger partial charge in [-0.05, 0) is 42.5 Å². The van der Waals surface area contributed by atoms with E-state index in [1.54, 1.807) is 10.7 Å². The van der Waals surface area contributed by atoms with Crippen molar-refractivity contribution in [1.82, 2.24) is 19.5 Å². The van der Waals surface area contributed by atoms with Crippen LogP contribution in [0.3, 0.4) is 0 Å². The predicted molar refractivity (Wildman–Crippen MR) is 99.1 cm³/mol. The average molecular weight is 347 g/mol. The fourth-order valence-electron chi connectivity index (χ4n) is 4.21. The molecule has 1 saturated heterocycles. The fourth-order valence-corrected chi connectivity index (χ4v) is 4.21. The third-order valence-electron chi connectivity index (χ3n) is 5.54.